The number of hydrogen-bond donors (Lipinski definition) is 2. The number of nitrogens with two attached hydrogens (primary N) is 1. The molecule has 2 aromatic rings. The molecule has 1 amide bonds. The highest BCUT2D eigenvalue weighted by molar-refractivity contribution is 6.30. The largest absolute Gasteiger partial charge is 0.495 e. The van der Waals surface area contributed by atoms with E-state index < -0.39 is 12.1 Å². The Morgan fingerprint density at radius 3 is 2.82 bits per heavy atom. The quantitative estimate of drug-likeness (QED) is 0.884. The van der Waals surface area contributed by atoms with Crippen LogP contribution in [0.1, 0.15) is 11.3 Å². The van der Waals surface area contributed by atoms with E-state index in [9.17, 15) is 4.79 Å². The number of amides is 1. The Kier molecular flexibility index (Phi) is 3.79. The van der Waals surface area contributed by atoms with Gasteiger partial charge in [0.2, 0.25) is 0 Å². The fourth-order valence-electron chi connectivity index (χ4n) is 2.21. The Balaban J connectivity index is 2.22. The SMILES string of the molecule is COc1cccc2c1NC(=O)C(N)N=C2c1ccc(Cl)cn1. The summed E-state index contributed by atoms with van der Waals surface area (Å²) in [5.74, 6) is 0.122. The molecule has 1 aliphatic rings. The number of pyridine rings is 1. The number of aromatic nitrogens is 1. The lowest BCUT2D eigenvalue weighted by molar-refractivity contribution is -0.117. The minimum atomic E-state index is -1.02. The van der Waals surface area contributed by atoms with Crippen LogP contribution < -0.4 is 15.8 Å². The lowest BCUT2D eigenvalue weighted by Gasteiger charge is -2.13. The molecule has 0 fully saturated rings. The number of benzene rings is 1. The molecule has 1 atom stereocenters. The van der Waals surface area contributed by atoms with Crippen LogP contribution in [-0.4, -0.2) is 29.9 Å². The smallest absolute Gasteiger partial charge is 0.263 e. The Labute approximate surface area is 132 Å². The maximum atomic E-state index is 12.0. The van der Waals surface area contributed by atoms with E-state index in [0.29, 0.717) is 33.4 Å². The second-order valence-corrected chi connectivity index (χ2v) is 5.09. The van der Waals surface area contributed by atoms with Crippen molar-refractivity contribution in [1.29, 1.82) is 0 Å². The molecular formula is C15H13ClN4O2. The van der Waals surface area contributed by atoms with Crippen molar-refractivity contribution in [3.05, 3.63) is 52.8 Å². The number of para-hydroxylation sites is 1. The fraction of sp³-hybridized carbons (Fsp3) is 0.133. The number of fused-ring (bicyclic) bond motifs is 1. The molecule has 0 saturated heterocycles. The first kappa shape index (κ1) is 14.5. The number of carbonyl (C=O) groups excluding carboxylic acids is 1. The molecule has 22 heavy (non-hydrogen) atoms. The number of halogens is 1. The highest BCUT2D eigenvalue weighted by atomic mass is 35.5. The van der Waals surface area contributed by atoms with Crippen molar-refractivity contribution in [3.8, 4) is 5.75 Å². The number of carbonyl (C=O) groups is 1. The summed E-state index contributed by atoms with van der Waals surface area (Å²) in [5, 5.41) is 3.26. The van der Waals surface area contributed by atoms with Crippen LogP contribution in [0.15, 0.2) is 41.5 Å². The normalized spacial score (nSPS) is 17.1. The number of anilines is 1. The van der Waals surface area contributed by atoms with Gasteiger partial charge in [-0.2, -0.15) is 0 Å². The number of nitrogens with zero attached hydrogens (tertiary/aromatic N) is 2. The van der Waals surface area contributed by atoms with Gasteiger partial charge < -0.3 is 15.8 Å². The van der Waals surface area contributed by atoms with Gasteiger partial charge in [0.05, 0.1) is 29.2 Å². The zero-order chi connectivity index (χ0) is 15.7. The van der Waals surface area contributed by atoms with E-state index in [4.69, 9.17) is 22.1 Å². The summed E-state index contributed by atoms with van der Waals surface area (Å²) in [6.07, 6.45) is 0.495. The molecule has 1 unspecified atom stereocenters. The van der Waals surface area contributed by atoms with Gasteiger partial charge in [-0.05, 0) is 18.2 Å². The molecule has 0 bridgehead atoms. The summed E-state index contributed by atoms with van der Waals surface area (Å²) in [6.45, 7) is 0. The van der Waals surface area contributed by atoms with Crippen LogP contribution in [0.5, 0.6) is 5.75 Å². The Morgan fingerprint density at radius 2 is 2.14 bits per heavy atom. The highest BCUT2D eigenvalue weighted by Gasteiger charge is 2.25. The van der Waals surface area contributed by atoms with E-state index in [1.54, 1.807) is 18.2 Å². The van der Waals surface area contributed by atoms with Crippen LogP contribution in [0.2, 0.25) is 5.02 Å². The summed E-state index contributed by atoms with van der Waals surface area (Å²) in [5.41, 5.74) is 8.11. The molecule has 0 aliphatic carbocycles. The Bertz CT molecular complexity index is 759. The van der Waals surface area contributed by atoms with Gasteiger partial charge in [-0.15, -0.1) is 0 Å². The second kappa shape index (κ2) is 5.75. The first-order valence-corrected chi connectivity index (χ1v) is 6.91. The summed E-state index contributed by atoms with van der Waals surface area (Å²) >= 11 is 5.87. The van der Waals surface area contributed by atoms with E-state index in [-0.39, 0.29) is 0 Å². The van der Waals surface area contributed by atoms with E-state index in [1.807, 2.05) is 12.1 Å². The van der Waals surface area contributed by atoms with Gasteiger partial charge in [-0.1, -0.05) is 23.7 Å². The van der Waals surface area contributed by atoms with Crippen LogP contribution in [0.4, 0.5) is 5.69 Å². The molecule has 7 heteroatoms. The number of methoxy groups -OCH3 is 1. The Morgan fingerprint density at radius 1 is 1.32 bits per heavy atom. The predicted octanol–water partition coefficient (Wildman–Crippen LogP) is 1.82. The van der Waals surface area contributed by atoms with E-state index in [0.717, 1.165) is 0 Å². The molecule has 1 aliphatic heterocycles. The average molecular weight is 317 g/mol. The third kappa shape index (κ3) is 2.54. The number of nitrogens with one attached hydrogen (secondary N) is 1. The van der Waals surface area contributed by atoms with Gasteiger partial charge >= 0.3 is 0 Å². The van der Waals surface area contributed by atoms with Crippen LogP contribution >= 0.6 is 11.6 Å². The molecule has 2 heterocycles. The highest BCUT2D eigenvalue weighted by Crippen LogP contribution is 2.32. The van der Waals surface area contributed by atoms with Crippen molar-refractivity contribution in [3.63, 3.8) is 0 Å². The number of hydrogen-bond acceptors (Lipinski definition) is 5. The molecule has 6 nitrogen and oxygen atoms in total. The first-order chi connectivity index (χ1) is 10.6. The monoisotopic (exact) mass is 316 g/mol. The first-order valence-electron chi connectivity index (χ1n) is 6.53. The van der Waals surface area contributed by atoms with Gasteiger partial charge in [0.1, 0.15) is 5.75 Å². The van der Waals surface area contributed by atoms with E-state index in [1.165, 1.54) is 13.3 Å². The molecule has 0 saturated carbocycles. The van der Waals surface area contributed by atoms with Gasteiger partial charge in [0, 0.05) is 11.8 Å². The number of rotatable bonds is 2. The van der Waals surface area contributed by atoms with Crippen molar-refractivity contribution < 1.29 is 9.53 Å². The van der Waals surface area contributed by atoms with E-state index >= 15 is 0 Å². The zero-order valence-corrected chi connectivity index (χ0v) is 12.5. The molecular weight excluding hydrogens is 304 g/mol. The van der Waals surface area contributed by atoms with E-state index in [2.05, 4.69) is 15.3 Å². The second-order valence-electron chi connectivity index (χ2n) is 4.66. The van der Waals surface area contributed by atoms with Crippen molar-refractivity contribution in [1.82, 2.24) is 4.98 Å². The van der Waals surface area contributed by atoms with Crippen LogP contribution in [-0.2, 0) is 4.79 Å². The van der Waals surface area contributed by atoms with Crippen LogP contribution in [0.3, 0.4) is 0 Å². The van der Waals surface area contributed by atoms with Gasteiger partial charge in [-0.25, -0.2) is 0 Å². The summed E-state index contributed by atoms with van der Waals surface area (Å²) in [7, 11) is 1.53. The molecule has 0 radical (unpaired) electrons. The molecule has 112 valence electrons. The van der Waals surface area contributed by atoms with Gasteiger partial charge in [0.25, 0.3) is 5.91 Å². The van der Waals surface area contributed by atoms with Crippen LogP contribution in [0, 0.1) is 0 Å². The van der Waals surface area contributed by atoms with Crippen molar-refractivity contribution in [2.45, 2.75) is 6.17 Å². The maximum absolute atomic E-state index is 12.0. The molecule has 3 N–H and O–H groups in total. The van der Waals surface area contributed by atoms with Crippen LogP contribution in [0.25, 0.3) is 0 Å². The molecule has 3 rings (SSSR count). The minimum Gasteiger partial charge on any atom is -0.495 e. The molecule has 1 aromatic heterocycles. The standard InChI is InChI=1S/C15H13ClN4O2/c1-22-11-4-2-3-9-12(10-6-5-8(16)7-18-10)19-14(17)15(21)20-13(9)11/h2-7,14H,17H2,1H3,(H,20,21). The fourth-order valence-corrected chi connectivity index (χ4v) is 2.32. The third-order valence-electron chi connectivity index (χ3n) is 3.26. The predicted molar refractivity (Wildman–Crippen MR) is 84.5 cm³/mol. The van der Waals surface area contributed by atoms with Crippen molar-refractivity contribution in [2.75, 3.05) is 12.4 Å². The number of benzodiazepines with no additional fused rings is 1. The lowest BCUT2D eigenvalue weighted by atomic mass is 10.0. The average Bonchev–Trinajstić information content (AvgIpc) is 2.65. The minimum absolute atomic E-state index is 0.408. The topological polar surface area (TPSA) is 89.6 Å². The maximum Gasteiger partial charge on any atom is 0.263 e. The lowest BCUT2D eigenvalue weighted by Crippen LogP contribution is -2.33. The summed E-state index contributed by atoms with van der Waals surface area (Å²) < 4.78 is 5.30. The summed E-state index contributed by atoms with van der Waals surface area (Å²) in [4.78, 5) is 20.6. The number of aliphatic imine (C=N–C) groups is 1. The zero-order valence-electron chi connectivity index (χ0n) is 11.7. The van der Waals surface area contributed by atoms with Crippen molar-refractivity contribution in [2.24, 2.45) is 10.7 Å². The Hall–Kier alpha value is -2.44. The van der Waals surface area contributed by atoms with Gasteiger partial charge in [-0.3, -0.25) is 14.8 Å². The summed E-state index contributed by atoms with van der Waals surface area (Å²) in [6, 6.07) is 8.82. The molecule has 1 aromatic carbocycles. The van der Waals surface area contributed by atoms with Gasteiger partial charge in [0.15, 0.2) is 6.17 Å². The number of ether oxygens (including phenoxy) is 1. The molecule has 0 spiro atoms. The van der Waals surface area contributed by atoms with Crippen molar-refractivity contribution >= 4 is 28.9 Å². The third-order valence-corrected chi connectivity index (χ3v) is 3.48.